The molecule has 0 aliphatic rings. The zero-order valence-corrected chi connectivity index (χ0v) is 25.8. The fourth-order valence-electron chi connectivity index (χ4n) is 3.80. The average Bonchev–Trinajstić information content (AvgIpc) is 3.24. The molecule has 0 saturated carbocycles. The number of benzene rings is 2. The number of rotatable bonds is 10. The van der Waals surface area contributed by atoms with Crippen molar-refractivity contribution in [3.63, 3.8) is 0 Å². The maximum absolute atomic E-state index is 13.0. The summed E-state index contributed by atoms with van der Waals surface area (Å²) in [7, 11) is 0. The Morgan fingerprint density at radius 1 is 1.08 bits per heavy atom. The maximum Gasteiger partial charge on any atom is 0.253 e. The topological polar surface area (TPSA) is 88.9 Å². The van der Waals surface area contributed by atoms with Gasteiger partial charge in [0.15, 0.2) is 11.0 Å². The number of halogens is 3. The summed E-state index contributed by atoms with van der Waals surface area (Å²) in [5, 5.41) is 16.1. The largest absolute Gasteiger partial charge is 0.342 e. The molecule has 0 unspecified atom stereocenters. The van der Waals surface area contributed by atoms with E-state index in [0.717, 1.165) is 14.8 Å². The molecule has 3 rings (SSSR count). The van der Waals surface area contributed by atoms with Gasteiger partial charge in [-0.1, -0.05) is 62.7 Å². The van der Waals surface area contributed by atoms with Crippen molar-refractivity contribution in [1.29, 1.82) is 0 Å². The molecule has 0 radical (unpaired) electrons. The highest BCUT2D eigenvalue weighted by Crippen LogP contribution is 2.29. The monoisotopic (exact) mass is 673 g/mol. The number of aromatic nitrogens is 3. The van der Waals surface area contributed by atoms with E-state index in [1.54, 1.807) is 12.1 Å². The molecule has 0 spiro atoms. The Kier molecular flexibility index (Phi) is 10.7. The zero-order chi connectivity index (χ0) is 27.3. The molecule has 1 aromatic heterocycles. The summed E-state index contributed by atoms with van der Waals surface area (Å²) in [5.41, 5.74) is 2.25. The van der Waals surface area contributed by atoms with Gasteiger partial charge in [-0.15, -0.1) is 10.2 Å². The van der Waals surface area contributed by atoms with Gasteiger partial charge in [-0.3, -0.25) is 9.59 Å². The standard InChI is InChI=1S/C26H30Cl2IN5O2S/c1-6-34-24(23(15(4)5)31-25(36)18-9-7-16(27)11-20(18)28)32-33-26(34)37-13-22(35)30-21-10-8-17(29)12-19(21)14(2)3/h7-12,14-15,23H,6,13H2,1-5H3,(H,30,35)(H,31,36)/t23-/m0/s1. The van der Waals surface area contributed by atoms with Crippen LogP contribution in [0.4, 0.5) is 5.69 Å². The summed E-state index contributed by atoms with van der Waals surface area (Å²) in [6.45, 7) is 10.8. The van der Waals surface area contributed by atoms with Crippen molar-refractivity contribution < 1.29 is 9.59 Å². The van der Waals surface area contributed by atoms with Crippen molar-refractivity contribution in [2.45, 2.75) is 58.3 Å². The van der Waals surface area contributed by atoms with Crippen LogP contribution in [0.25, 0.3) is 0 Å². The molecule has 11 heteroatoms. The molecule has 0 aliphatic heterocycles. The van der Waals surface area contributed by atoms with Crippen molar-refractivity contribution in [2.75, 3.05) is 11.1 Å². The van der Waals surface area contributed by atoms with Gasteiger partial charge in [-0.25, -0.2) is 0 Å². The van der Waals surface area contributed by atoms with Crippen LogP contribution in [0.1, 0.15) is 68.3 Å². The molecular weight excluding hydrogens is 644 g/mol. The molecule has 1 atom stereocenters. The van der Waals surface area contributed by atoms with E-state index in [2.05, 4.69) is 63.3 Å². The molecule has 3 aromatic rings. The first kappa shape index (κ1) is 29.7. The summed E-state index contributed by atoms with van der Waals surface area (Å²) in [6.07, 6.45) is 0. The fourth-order valence-corrected chi connectivity index (χ4v) is 5.62. The molecule has 0 bridgehead atoms. The van der Waals surface area contributed by atoms with Gasteiger partial charge in [0.1, 0.15) is 0 Å². The van der Waals surface area contributed by atoms with Crippen LogP contribution in [-0.4, -0.2) is 32.3 Å². The number of amides is 2. The number of carbonyl (C=O) groups is 2. The van der Waals surface area contributed by atoms with Crippen LogP contribution in [0, 0.1) is 9.49 Å². The van der Waals surface area contributed by atoms with Crippen molar-refractivity contribution in [1.82, 2.24) is 20.1 Å². The molecule has 7 nitrogen and oxygen atoms in total. The number of nitrogens with one attached hydrogen (secondary N) is 2. The molecule has 2 aromatic carbocycles. The van der Waals surface area contributed by atoms with Gasteiger partial charge in [0, 0.05) is 20.8 Å². The smallest absolute Gasteiger partial charge is 0.253 e. The van der Waals surface area contributed by atoms with E-state index in [1.807, 2.05) is 37.5 Å². The Balaban J connectivity index is 1.74. The molecule has 2 N–H and O–H groups in total. The summed E-state index contributed by atoms with van der Waals surface area (Å²) in [4.78, 5) is 25.8. The van der Waals surface area contributed by atoms with Crippen LogP contribution in [0.5, 0.6) is 0 Å². The number of anilines is 1. The highest BCUT2D eigenvalue weighted by Gasteiger charge is 2.27. The van der Waals surface area contributed by atoms with E-state index in [1.165, 1.54) is 17.8 Å². The normalized spacial score (nSPS) is 12.2. The molecule has 1 heterocycles. The van der Waals surface area contributed by atoms with Crippen LogP contribution in [0.3, 0.4) is 0 Å². The van der Waals surface area contributed by atoms with Crippen LogP contribution in [0.15, 0.2) is 41.6 Å². The van der Waals surface area contributed by atoms with E-state index in [9.17, 15) is 9.59 Å². The molecule has 2 amide bonds. The van der Waals surface area contributed by atoms with E-state index in [4.69, 9.17) is 23.2 Å². The van der Waals surface area contributed by atoms with Gasteiger partial charge in [-0.05, 0) is 83.3 Å². The number of hydrogen-bond donors (Lipinski definition) is 2. The Hall–Kier alpha value is -1.82. The lowest BCUT2D eigenvalue weighted by molar-refractivity contribution is -0.113. The Morgan fingerprint density at radius 3 is 2.43 bits per heavy atom. The van der Waals surface area contributed by atoms with Gasteiger partial charge >= 0.3 is 0 Å². The summed E-state index contributed by atoms with van der Waals surface area (Å²) >= 11 is 15.8. The Morgan fingerprint density at radius 2 is 1.81 bits per heavy atom. The van der Waals surface area contributed by atoms with Crippen molar-refractivity contribution in [2.24, 2.45) is 5.92 Å². The predicted molar refractivity (Wildman–Crippen MR) is 160 cm³/mol. The van der Waals surface area contributed by atoms with E-state index in [-0.39, 0.29) is 34.4 Å². The second-order valence-electron chi connectivity index (χ2n) is 9.13. The third-order valence-electron chi connectivity index (χ3n) is 5.71. The van der Waals surface area contributed by atoms with E-state index >= 15 is 0 Å². The van der Waals surface area contributed by atoms with Crippen molar-refractivity contribution in [3.05, 3.63) is 67.0 Å². The van der Waals surface area contributed by atoms with Gasteiger partial charge in [0.05, 0.1) is 22.4 Å². The molecule has 198 valence electrons. The van der Waals surface area contributed by atoms with E-state index < -0.39 is 6.04 Å². The molecule has 37 heavy (non-hydrogen) atoms. The van der Waals surface area contributed by atoms with Gasteiger partial charge < -0.3 is 15.2 Å². The first-order valence-corrected chi connectivity index (χ1v) is 14.7. The molecule has 0 fully saturated rings. The van der Waals surface area contributed by atoms with Crippen LogP contribution < -0.4 is 10.6 Å². The fraction of sp³-hybridized carbons (Fsp3) is 0.385. The predicted octanol–water partition coefficient (Wildman–Crippen LogP) is 7.19. The minimum atomic E-state index is -0.407. The van der Waals surface area contributed by atoms with Crippen LogP contribution >= 0.6 is 57.6 Å². The first-order valence-electron chi connectivity index (χ1n) is 11.9. The minimum Gasteiger partial charge on any atom is -0.342 e. The lowest BCUT2D eigenvalue weighted by Gasteiger charge is -2.23. The third-order valence-corrected chi connectivity index (χ3v) is 7.90. The van der Waals surface area contributed by atoms with Crippen molar-refractivity contribution in [3.8, 4) is 0 Å². The molecular formula is C26H30Cl2IN5O2S. The quantitative estimate of drug-likeness (QED) is 0.176. The number of nitrogens with zero attached hydrogens (tertiary/aromatic N) is 3. The van der Waals surface area contributed by atoms with Crippen LogP contribution in [0.2, 0.25) is 10.0 Å². The van der Waals surface area contributed by atoms with Gasteiger partial charge in [0.2, 0.25) is 5.91 Å². The highest BCUT2D eigenvalue weighted by molar-refractivity contribution is 14.1. The Bertz CT molecular complexity index is 1280. The first-order chi connectivity index (χ1) is 17.5. The lowest BCUT2D eigenvalue weighted by Crippen LogP contribution is -2.34. The highest BCUT2D eigenvalue weighted by atomic mass is 127. The summed E-state index contributed by atoms with van der Waals surface area (Å²) in [5.74, 6) is 0.680. The van der Waals surface area contributed by atoms with Gasteiger partial charge in [-0.2, -0.15) is 0 Å². The number of thioether (sulfide) groups is 1. The van der Waals surface area contributed by atoms with Crippen molar-refractivity contribution >= 4 is 75.1 Å². The SMILES string of the molecule is CCn1c(SCC(=O)Nc2ccc(I)cc2C(C)C)nnc1[C@@H](NC(=O)c1ccc(Cl)cc1Cl)C(C)C. The van der Waals surface area contributed by atoms with Gasteiger partial charge in [0.25, 0.3) is 5.91 Å². The van der Waals surface area contributed by atoms with E-state index in [0.29, 0.717) is 28.1 Å². The van der Waals surface area contributed by atoms with Crippen LogP contribution in [-0.2, 0) is 11.3 Å². The molecule has 0 saturated heterocycles. The zero-order valence-electron chi connectivity index (χ0n) is 21.3. The summed E-state index contributed by atoms with van der Waals surface area (Å²) in [6, 6.07) is 10.4. The average molecular weight is 674 g/mol. The number of hydrogen-bond acceptors (Lipinski definition) is 5. The minimum absolute atomic E-state index is 0.0287. The maximum atomic E-state index is 13.0. The summed E-state index contributed by atoms with van der Waals surface area (Å²) < 4.78 is 3.05. The lowest BCUT2D eigenvalue weighted by atomic mass is 10.0. The second kappa shape index (κ2) is 13.3. The second-order valence-corrected chi connectivity index (χ2v) is 12.2. The number of carbonyl (C=O) groups excluding carboxylic acids is 2. The third kappa shape index (κ3) is 7.61. The Labute approximate surface area is 245 Å². The molecule has 0 aliphatic carbocycles.